The van der Waals surface area contributed by atoms with Crippen LogP contribution in [0, 0.1) is 18.8 Å². The van der Waals surface area contributed by atoms with Crippen LogP contribution in [-0.2, 0) is 0 Å². The number of nitrogens with two attached hydrogens (primary N) is 1. The van der Waals surface area contributed by atoms with Gasteiger partial charge in [-0.05, 0) is 42.5 Å². The molecule has 1 aromatic rings. The third-order valence-corrected chi connectivity index (χ3v) is 3.79. The zero-order valence-corrected chi connectivity index (χ0v) is 10.7. The van der Waals surface area contributed by atoms with E-state index in [1.165, 1.54) is 0 Å². The molecular formula is C14H20N2O. The highest BCUT2D eigenvalue weighted by Gasteiger charge is 2.29. The third kappa shape index (κ3) is 2.28. The fourth-order valence-corrected chi connectivity index (χ4v) is 2.29. The standard InChI is InChI=1S/C14H20N2O/c1-9-6-12(4-5-13(9)15)14(17)16-7-10(2)11(3)8-16/h4-6,10-11H,7-8,15H2,1-3H3. The first-order chi connectivity index (χ1) is 7.99. The summed E-state index contributed by atoms with van der Waals surface area (Å²) in [6.45, 7) is 8.06. The lowest BCUT2D eigenvalue weighted by molar-refractivity contribution is 0.0785. The summed E-state index contributed by atoms with van der Waals surface area (Å²) < 4.78 is 0. The van der Waals surface area contributed by atoms with E-state index in [2.05, 4.69) is 13.8 Å². The van der Waals surface area contributed by atoms with Crippen LogP contribution in [0.15, 0.2) is 18.2 Å². The molecule has 0 bridgehead atoms. The fraction of sp³-hybridized carbons (Fsp3) is 0.500. The van der Waals surface area contributed by atoms with E-state index in [1.54, 1.807) is 0 Å². The van der Waals surface area contributed by atoms with Crippen LogP contribution in [0.4, 0.5) is 5.69 Å². The summed E-state index contributed by atoms with van der Waals surface area (Å²) in [6, 6.07) is 5.51. The topological polar surface area (TPSA) is 46.3 Å². The Morgan fingerprint density at radius 3 is 2.41 bits per heavy atom. The second kappa shape index (κ2) is 4.40. The van der Waals surface area contributed by atoms with Crippen LogP contribution in [0.2, 0.25) is 0 Å². The summed E-state index contributed by atoms with van der Waals surface area (Å²) in [4.78, 5) is 14.2. The Balaban J connectivity index is 2.17. The highest BCUT2D eigenvalue weighted by molar-refractivity contribution is 5.95. The van der Waals surface area contributed by atoms with Gasteiger partial charge in [0.1, 0.15) is 0 Å². The smallest absolute Gasteiger partial charge is 0.253 e. The zero-order valence-electron chi connectivity index (χ0n) is 10.7. The quantitative estimate of drug-likeness (QED) is 0.755. The Kier molecular flexibility index (Phi) is 3.09. The van der Waals surface area contributed by atoms with E-state index in [4.69, 9.17) is 5.73 Å². The lowest BCUT2D eigenvalue weighted by Crippen LogP contribution is -2.28. The van der Waals surface area contributed by atoms with E-state index in [0.717, 1.165) is 29.9 Å². The molecule has 1 fully saturated rings. The van der Waals surface area contributed by atoms with Gasteiger partial charge in [-0.3, -0.25) is 4.79 Å². The van der Waals surface area contributed by atoms with Crippen LogP contribution < -0.4 is 5.73 Å². The number of hydrogen-bond acceptors (Lipinski definition) is 2. The van der Waals surface area contributed by atoms with E-state index in [9.17, 15) is 4.79 Å². The normalized spacial score (nSPS) is 24.1. The van der Waals surface area contributed by atoms with Crippen LogP contribution >= 0.6 is 0 Å². The average molecular weight is 232 g/mol. The van der Waals surface area contributed by atoms with Crippen molar-refractivity contribution in [3.63, 3.8) is 0 Å². The molecule has 2 N–H and O–H groups in total. The number of anilines is 1. The van der Waals surface area contributed by atoms with Gasteiger partial charge in [-0.1, -0.05) is 13.8 Å². The minimum Gasteiger partial charge on any atom is -0.399 e. The molecule has 0 aromatic heterocycles. The Morgan fingerprint density at radius 2 is 1.88 bits per heavy atom. The molecule has 0 radical (unpaired) electrons. The lowest BCUT2D eigenvalue weighted by Gasteiger charge is -2.16. The van der Waals surface area contributed by atoms with Crippen molar-refractivity contribution in [3.8, 4) is 0 Å². The molecule has 2 rings (SSSR count). The van der Waals surface area contributed by atoms with Crippen LogP contribution in [0.5, 0.6) is 0 Å². The molecule has 3 nitrogen and oxygen atoms in total. The molecule has 3 heteroatoms. The first kappa shape index (κ1) is 12.0. The molecule has 1 heterocycles. The van der Waals surface area contributed by atoms with Crippen molar-refractivity contribution in [1.82, 2.24) is 4.90 Å². The van der Waals surface area contributed by atoms with Crippen LogP contribution in [0.1, 0.15) is 29.8 Å². The monoisotopic (exact) mass is 232 g/mol. The number of rotatable bonds is 1. The van der Waals surface area contributed by atoms with Gasteiger partial charge in [-0.15, -0.1) is 0 Å². The van der Waals surface area contributed by atoms with Crippen molar-refractivity contribution < 1.29 is 4.79 Å². The maximum Gasteiger partial charge on any atom is 0.253 e. The van der Waals surface area contributed by atoms with E-state index >= 15 is 0 Å². The van der Waals surface area contributed by atoms with Gasteiger partial charge in [-0.2, -0.15) is 0 Å². The van der Waals surface area contributed by atoms with E-state index in [1.807, 2.05) is 30.0 Å². The van der Waals surface area contributed by atoms with E-state index in [-0.39, 0.29) is 5.91 Å². The summed E-state index contributed by atoms with van der Waals surface area (Å²) in [7, 11) is 0. The maximum absolute atomic E-state index is 12.3. The number of aryl methyl sites for hydroxylation is 1. The van der Waals surface area contributed by atoms with Gasteiger partial charge in [0.25, 0.3) is 5.91 Å². The maximum atomic E-state index is 12.3. The second-order valence-corrected chi connectivity index (χ2v) is 5.24. The first-order valence-electron chi connectivity index (χ1n) is 6.14. The fourth-order valence-electron chi connectivity index (χ4n) is 2.29. The molecule has 1 aliphatic heterocycles. The molecule has 1 aromatic carbocycles. The summed E-state index contributed by atoms with van der Waals surface area (Å²) in [6.07, 6.45) is 0. The molecule has 1 amide bonds. The average Bonchev–Trinajstić information content (AvgIpc) is 2.62. The molecule has 92 valence electrons. The molecule has 2 atom stereocenters. The first-order valence-corrected chi connectivity index (χ1v) is 6.14. The molecule has 1 saturated heterocycles. The van der Waals surface area contributed by atoms with Crippen molar-refractivity contribution in [2.45, 2.75) is 20.8 Å². The lowest BCUT2D eigenvalue weighted by atomic mass is 10.0. The van der Waals surface area contributed by atoms with Crippen molar-refractivity contribution in [1.29, 1.82) is 0 Å². The summed E-state index contributed by atoms with van der Waals surface area (Å²) in [5, 5.41) is 0. The highest BCUT2D eigenvalue weighted by Crippen LogP contribution is 2.24. The van der Waals surface area contributed by atoms with E-state index in [0.29, 0.717) is 11.8 Å². The largest absolute Gasteiger partial charge is 0.399 e. The number of carbonyl (C=O) groups excluding carboxylic acids is 1. The third-order valence-electron chi connectivity index (χ3n) is 3.79. The number of nitrogens with zero attached hydrogens (tertiary/aromatic N) is 1. The van der Waals surface area contributed by atoms with Gasteiger partial charge in [0.05, 0.1) is 0 Å². The predicted molar refractivity (Wildman–Crippen MR) is 69.8 cm³/mol. The Bertz CT molecular complexity index is 432. The van der Waals surface area contributed by atoms with Crippen molar-refractivity contribution in [2.24, 2.45) is 11.8 Å². The van der Waals surface area contributed by atoms with Gasteiger partial charge in [0.2, 0.25) is 0 Å². The van der Waals surface area contributed by atoms with Gasteiger partial charge < -0.3 is 10.6 Å². The van der Waals surface area contributed by atoms with Gasteiger partial charge in [0, 0.05) is 24.3 Å². The SMILES string of the molecule is Cc1cc(C(=O)N2CC(C)C(C)C2)ccc1N. The molecule has 2 unspecified atom stereocenters. The Morgan fingerprint density at radius 1 is 1.29 bits per heavy atom. The highest BCUT2D eigenvalue weighted by atomic mass is 16.2. The molecule has 1 aliphatic rings. The number of hydrogen-bond donors (Lipinski definition) is 1. The summed E-state index contributed by atoms with van der Waals surface area (Å²) in [5.41, 5.74) is 8.22. The van der Waals surface area contributed by atoms with Crippen LogP contribution in [0.3, 0.4) is 0 Å². The number of nitrogen functional groups attached to an aromatic ring is 1. The van der Waals surface area contributed by atoms with Crippen molar-refractivity contribution >= 4 is 11.6 Å². The van der Waals surface area contributed by atoms with Crippen LogP contribution in [0.25, 0.3) is 0 Å². The molecular weight excluding hydrogens is 212 g/mol. The van der Waals surface area contributed by atoms with Crippen molar-refractivity contribution in [2.75, 3.05) is 18.8 Å². The summed E-state index contributed by atoms with van der Waals surface area (Å²) in [5.74, 6) is 1.31. The Hall–Kier alpha value is -1.51. The summed E-state index contributed by atoms with van der Waals surface area (Å²) >= 11 is 0. The number of carbonyl (C=O) groups is 1. The minimum absolute atomic E-state index is 0.129. The van der Waals surface area contributed by atoms with Gasteiger partial charge in [0.15, 0.2) is 0 Å². The molecule has 0 aliphatic carbocycles. The second-order valence-electron chi connectivity index (χ2n) is 5.24. The number of benzene rings is 1. The molecule has 17 heavy (non-hydrogen) atoms. The predicted octanol–water partition coefficient (Wildman–Crippen LogP) is 2.31. The van der Waals surface area contributed by atoms with Crippen LogP contribution in [-0.4, -0.2) is 23.9 Å². The number of likely N-dealkylation sites (tertiary alicyclic amines) is 1. The van der Waals surface area contributed by atoms with Crippen molar-refractivity contribution in [3.05, 3.63) is 29.3 Å². The molecule has 0 spiro atoms. The molecule has 0 saturated carbocycles. The van der Waals surface area contributed by atoms with Gasteiger partial charge in [-0.25, -0.2) is 0 Å². The number of amides is 1. The van der Waals surface area contributed by atoms with Gasteiger partial charge >= 0.3 is 0 Å². The Labute approximate surface area is 103 Å². The van der Waals surface area contributed by atoms with E-state index < -0.39 is 0 Å². The minimum atomic E-state index is 0.129. The zero-order chi connectivity index (χ0) is 12.6.